The number of ether oxygens (including phenoxy) is 1. The lowest BCUT2D eigenvalue weighted by atomic mass is 10.0. The highest BCUT2D eigenvalue weighted by atomic mass is 16.5. The monoisotopic (exact) mass is 358 g/mol. The zero-order valence-electron chi connectivity index (χ0n) is 14.5. The van der Waals surface area contributed by atoms with Gasteiger partial charge in [0.25, 0.3) is 0 Å². The zero-order chi connectivity index (χ0) is 19.1. The molecule has 0 unspecified atom stereocenters. The number of allylic oxidation sites excluding steroid dienone is 1. The molecule has 0 aromatic heterocycles. The van der Waals surface area contributed by atoms with Crippen LogP contribution in [0, 0.1) is 0 Å². The summed E-state index contributed by atoms with van der Waals surface area (Å²) in [5.41, 5.74) is 3.62. The van der Waals surface area contributed by atoms with Gasteiger partial charge in [0, 0.05) is 5.56 Å². The molecule has 3 rings (SSSR count). The fraction of sp³-hybridized carbons (Fsp3) is 0.0435. The molecule has 3 aromatic rings. The van der Waals surface area contributed by atoms with Crippen LogP contribution in [0.2, 0.25) is 0 Å². The Kier molecular flexibility index (Phi) is 5.80. The average Bonchev–Trinajstić information content (AvgIpc) is 2.72. The summed E-state index contributed by atoms with van der Waals surface area (Å²) < 4.78 is 5.07. The average molecular weight is 358 g/mol. The van der Waals surface area contributed by atoms with Gasteiger partial charge in [0.1, 0.15) is 5.75 Å². The molecule has 0 aliphatic carbocycles. The first-order chi connectivity index (χ1) is 13.1. The number of carboxylic acids is 1. The van der Waals surface area contributed by atoms with E-state index in [-0.39, 0.29) is 12.4 Å². The first-order valence-corrected chi connectivity index (χ1v) is 8.44. The number of carboxylic acid groups (broad SMARTS) is 1. The summed E-state index contributed by atoms with van der Waals surface area (Å²) >= 11 is 0. The van der Waals surface area contributed by atoms with Crippen LogP contribution in [0.25, 0.3) is 17.2 Å². The lowest BCUT2D eigenvalue weighted by molar-refractivity contribution is -0.139. The lowest BCUT2D eigenvalue weighted by Crippen LogP contribution is -2.09. The van der Waals surface area contributed by atoms with Gasteiger partial charge in [0.15, 0.2) is 12.4 Å². The summed E-state index contributed by atoms with van der Waals surface area (Å²) in [6.45, 7) is -0.382. The molecule has 0 amide bonds. The van der Waals surface area contributed by atoms with Crippen LogP contribution in [-0.4, -0.2) is 23.5 Å². The van der Waals surface area contributed by atoms with Crippen molar-refractivity contribution in [1.29, 1.82) is 0 Å². The zero-order valence-corrected chi connectivity index (χ0v) is 14.5. The normalized spacial score (nSPS) is 10.7. The smallest absolute Gasteiger partial charge is 0.341 e. The molecule has 0 spiro atoms. The van der Waals surface area contributed by atoms with E-state index < -0.39 is 5.97 Å². The number of rotatable bonds is 7. The van der Waals surface area contributed by atoms with Gasteiger partial charge in [0.2, 0.25) is 0 Å². The van der Waals surface area contributed by atoms with Crippen molar-refractivity contribution in [3.8, 4) is 16.9 Å². The first kappa shape index (κ1) is 18.1. The minimum Gasteiger partial charge on any atom is -0.482 e. The Morgan fingerprint density at radius 2 is 1.44 bits per heavy atom. The van der Waals surface area contributed by atoms with Crippen LogP contribution in [0.4, 0.5) is 0 Å². The van der Waals surface area contributed by atoms with Crippen molar-refractivity contribution in [1.82, 2.24) is 0 Å². The molecule has 27 heavy (non-hydrogen) atoms. The molecule has 0 saturated heterocycles. The first-order valence-electron chi connectivity index (χ1n) is 8.44. The predicted octanol–water partition coefficient (Wildman–Crippen LogP) is 4.71. The molecule has 0 bridgehead atoms. The van der Waals surface area contributed by atoms with E-state index in [1.54, 1.807) is 30.3 Å². The molecular formula is C23H18O4. The third-order valence-corrected chi connectivity index (χ3v) is 3.95. The molecule has 134 valence electrons. The topological polar surface area (TPSA) is 63.6 Å². The van der Waals surface area contributed by atoms with E-state index in [0.29, 0.717) is 11.3 Å². The number of aliphatic carboxylic acids is 1. The minimum absolute atomic E-state index is 0.0826. The van der Waals surface area contributed by atoms with Gasteiger partial charge in [-0.1, -0.05) is 72.8 Å². The summed E-state index contributed by atoms with van der Waals surface area (Å²) in [6, 6.07) is 24.4. The van der Waals surface area contributed by atoms with Crippen LogP contribution >= 0.6 is 0 Å². The van der Waals surface area contributed by atoms with E-state index in [1.165, 1.54) is 6.08 Å². The van der Waals surface area contributed by atoms with E-state index in [1.807, 2.05) is 54.6 Å². The SMILES string of the molecule is O=C(O)COc1ccc(/C=C\C(=O)c2ccc(-c3ccccc3)cc2)cc1. The molecule has 0 aliphatic rings. The molecule has 0 saturated carbocycles. The lowest BCUT2D eigenvalue weighted by Gasteiger charge is -2.03. The van der Waals surface area contributed by atoms with Gasteiger partial charge in [0.05, 0.1) is 0 Å². The second-order valence-corrected chi connectivity index (χ2v) is 5.89. The van der Waals surface area contributed by atoms with E-state index in [9.17, 15) is 9.59 Å². The maximum absolute atomic E-state index is 12.3. The number of benzene rings is 3. The quantitative estimate of drug-likeness (QED) is 0.491. The van der Waals surface area contributed by atoms with Gasteiger partial charge < -0.3 is 9.84 Å². The van der Waals surface area contributed by atoms with Gasteiger partial charge in [-0.3, -0.25) is 4.79 Å². The summed E-state index contributed by atoms with van der Waals surface area (Å²) in [5, 5.41) is 8.59. The molecule has 0 radical (unpaired) electrons. The summed E-state index contributed by atoms with van der Waals surface area (Å²) in [6.07, 6.45) is 3.24. The molecule has 0 atom stereocenters. The van der Waals surface area contributed by atoms with Gasteiger partial charge in [-0.25, -0.2) is 4.79 Å². The standard InChI is InChI=1S/C23H18O4/c24-22(15-8-17-6-13-21(14-7-17)27-16-23(25)26)20-11-9-19(10-12-20)18-4-2-1-3-5-18/h1-15H,16H2,(H,25,26)/b15-8-. The van der Waals surface area contributed by atoms with Crippen LogP contribution in [0.15, 0.2) is 84.9 Å². The number of ketones is 1. The van der Waals surface area contributed by atoms with Crippen LogP contribution < -0.4 is 4.74 Å². The van der Waals surface area contributed by atoms with Gasteiger partial charge in [-0.05, 0) is 34.9 Å². The largest absolute Gasteiger partial charge is 0.482 e. The van der Waals surface area contributed by atoms with Gasteiger partial charge >= 0.3 is 5.97 Å². The van der Waals surface area contributed by atoms with Crippen LogP contribution in [-0.2, 0) is 4.79 Å². The van der Waals surface area contributed by atoms with E-state index in [0.717, 1.165) is 16.7 Å². The second-order valence-electron chi connectivity index (χ2n) is 5.89. The number of carbonyl (C=O) groups excluding carboxylic acids is 1. The molecular weight excluding hydrogens is 340 g/mol. The van der Waals surface area contributed by atoms with Crippen molar-refractivity contribution in [3.05, 3.63) is 96.1 Å². The Balaban J connectivity index is 1.63. The summed E-state index contributed by atoms with van der Waals surface area (Å²) in [7, 11) is 0. The van der Waals surface area contributed by atoms with Crippen LogP contribution in [0.5, 0.6) is 5.75 Å². The van der Waals surface area contributed by atoms with Gasteiger partial charge in [-0.15, -0.1) is 0 Å². The van der Waals surface area contributed by atoms with Crippen molar-refractivity contribution in [3.63, 3.8) is 0 Å². The molecule has 4 heteroatoms. The van der Waals surface area contributed by atoms with Crippen molar-refractivity contribution in [2.75, 3.05) is 6.61 Å². The Labute approximate surface area is 157 Å². The van der Waals surface area contributed by atoms with E-state index in [2.05, 4.69) is 0 Å². The van der Waals surface area contributed by atoms with Crippen molar-refractivity contribution in [2.45, 2.75) is 0 Å². The highest BCUT2D eigenvalue weighted by molar-refractivity contribution is 6.07. The number of hydrogen-bond donors (Lipinski definition) is 1. The fourth-order valence-corrected chi connectivity index (χ4v) is 2.55. The molecule has 0 fully saturated rings. The number of carbonyl (C=O) groups is 2. The fourth-order valence-electron chi connectivity index (χ4n) is 2.55. The van der Waals surface area contributed by atoms with Crippen LogP contribution in [0.3, 0.4) is 0 Å². The Morgan fingerprint density at radius 3 is 2.07 bits per heavy atom. The maximum atomic E-state index is 12.3. The summed E-state index contributed by atoms with van der Waals surface area (Å²) in [5.74, 6) is -0.638. The second kappa shape index (κ2) is 8.63. The number of hydrogen-bond acceptors (Lipinski definition) is 3. The maximum Gasteiger partial charge on any atom is 0.341 e. The van der Waals surface area contributed by atoms with Crippen LogP contribution in [0.1, 0.15) is 15.9 Å². The molecule has 1 N–H and O–H groups in total. The minimum atomic E-state index is -1.03. The Bertz CT molecular complexity index is 940. The molecule has 0 aliphatic heterocycles. The highest BCUT2D eigenvalue weighted by Crippen LogP contribution is 2.20. The van der Waals surface area contributed by atoms with Crippen molar-refractivity contribution in [2.24, 2.45) is 0 Å². The Hall–Kier alpha value is -3.66. The highest BCUT2D eigenvalue weighted by Gasteiger charge is 2.03. The molecule has 0 heterocycles. The summed E-state index contributed by atoms with van der Waals surface area (Å²) in [4.78, 5) is 22.8. The van der Waals surface area contributed by atoms with Crippen molar-refractivity contribution < 1.29 is 19.4 Å². The Morgan fingerprint density at radius 1 is 0.815 bits per heavy atom. The predicted molar refractivity (Wildman–Crippen MR) is 105 cm³/mol. The third kappa shape index (κ3) is 5.16. The van der Waals surface area contributed by atoms with E-state index in [4.69, 9.17) is 9.84 Å². The molecule has 4 nitrogen and oxygen atoms in total. The van der Waals surface area contributed by atoms with Gasteiger partial charge in [-0.2, -0.15) is 0 Å². The van der Waals surface area contributed by atoms with Crippen molar-refractivity contribution >= 4 is 17.8 Å². The van der Waals surface area contributed by atoms with E-state index >= 15 is 0 Å². The molecule has 3 aromatic carbocycles. The third-order valence-electron chi connectivity index (χ3n) is 3.95.